The van der Waals surface area contributed by atoms with Crippen LogP contribution in [0.1, 0.15) is 38.8 Å². The van der Waals surface area contributed by atoms with Gasteiger partial charge in [0.25, 0.3) is 0 Å². The number of carbonyl (C=O) groups is 2. The van der Waals surface area contributed by atoms with Gasteiger partial charge in [0.05, 0.1) is 19.4 Å². The molecule has 158 valence electrons. The van der Waals surface area contributed by atoms with Crippen LogP contribution in [-0.2, 0) is 11.2 Å². The highest BCUT2D eigenvalue weighted by atomic mass is 32.1. The van der Waals surface area contributed by atoms with Gasteiger partial charge in [0, 0.05) is 21.6 Å². The largest absolute Gasteiger partial charge is 0.496 e. The third-order valence-electron chi connectivity index (χ3n) is 5.32. The highest BCUT2D eigenvalue weighted by Gasteiger charge is 2.30. The molecule has 0 unspecified atom stereocenters. The summed E-state index contributed by atoms with van der Waals surface area (Å²) in [6, 6.07) is 17.2. The second-order valence-corrected chi connectivity index (χ2v) is 8.53. The van der Waals surface area contributed by atoms with Crippen LogP contribution in [0.5, 0.6) is 5.75 Å². The van der Waals surface area contributed by atoms with Gasteiger partial charge in [0.15, 0.2) is 5.78 Å². The molecule has 1 aliphatic heterocycles. The predicted octanol–water partition coefficient (Wildman–Crippen LogP) is 4.69. The number of ether oxygens (including phenoxy) is 1. The minimum absolute atomic E-state index is 0.00666. The highest BCUT2D eigenvalue weighted by Crippen LogP contribution is 2.37. The van der Waals surface area contributed by atoms with Crippen LogP contribution in [0.3, 0.4) is 0 Å². The molecule has 6 heteroatoms. The predicted molar refractivity (Wildman–Crippen MR) is 125 cm³/mol. The zero-order valence-electron chi connectivity index (χ0n) is 17.8. The third kappa shape index (κ3) is 4.16. The number of methoxy groups -OCH3 is 1. The van der Waals surface area contributed by atoms with Crippen molar-refractivity contribution in [3.8, 4) is 5.75 Å². The van der Waals surface area contributed by atoms with Crippen molar-refractivity contribution >= 4 is 33.7 Å². The average molecular weight is 433 g/mol. The summed E-state index contributed by atoms with van der Waals surface area (Å²) in [5, 5.41) is 0.768. The van der Waals surface area contributed by atoms with Gasteiger partial charge in [-0.15, -0.1) is 11.3 Å². The second-order valence-electron chi connectivity index (χ2n) is 7.42. The van der Waals surface area contributed by atoms with Crippen molar-refractivity contribution in [2.24, 2.45) is 4.99 Å². The molecule has 31 heavy (non-hydrogen) atoms. The van der Waals surface area contributed by atoms with E-state index in [4.69, 9.17) is 4.74 Å². The van der Waals surface area contributed by atoms with Gasteiger partial charge >= 0.3 is 0 Å². The minimum atomic E-state index is -0.184. The molecule has 2 heterocycles. The lowest BCUT2D eigenvalue weighted by atomic mass is 10.0. The maximum Gasteiger partial charge on any atom is 0.249 e. The Morgan fingerprint density at radius 2 is 1.87 bits per heavy atom. The maximum absolute atomic E-state index is 13.1. The average Bonchev–Trinajstić information content (AvgIpc) is 3.17. The van der Waals surface area contributed by atoms with Crippen LogP contribution in [-0.4, -0.2) is 37.6 Å². The number of hydrogen-bond donors (Lipinski definition) is 0. The van der Waals surface area contributed by atoms with Crippen LogP contribution in [0.25, 0.3) is 0 Å². The molecular formula is C25H24N2O3S. The third-order valence-corrected chi connectivity index (χ3v) is 6.63. The van der Waals surface area contributed by atoms with Gasteiger partial charge in [-0.3, -0.25) is 19.5 Å². The number of nitrogens with zero attached hydrogens (tertiary/aromatic N) is 2. The number of rotatable bonds is 6. The molecule has 0 spiro atoms. The molecule has 0 fully saturated rings. The summed E-state index contributed by atoms with van der Waals surface area (Å²) < 4.78 is 5.54. The molecule has 5 nitrogen and oxygen atoms in total. The van der Waals surface area contributed by atoms with E-state index in [0.29, 0.717) is 11.3 Å². The molecule has 1 amide bonds. The van der Waals surface area contributed by atoms with Gasteiger partial charge < -0.3 is 4.74 Å². The number of para-hydroxylation sites is 1. The Bertz CT molecular complexity index is 1160. The number of hydrogen-bond acceptors (Lipinski definition) is 5. The number of aliphatic imine (C=N–C) groups is 1. The molecule has 0 saturated heterocycles. The molecule has 4 rings (SSSR count). The van der Waals surface area contributed by atoms with Gasteiger partial charge in [0.2, 0.25) is 5.91 Å². The standard InChI is InChI=1S/C25H24N2O3S/c1-4-18-13-20-24(19-7-5-6-8-22(19)30-3)26-14-23(29)27(25(20)31-18)15-21(28)17-11-9-16(2)10-12-17/h5-13H,4,14-15H2,1-3H3. The number of carbonyl (C=O) groups excluding carboxylic acids is 2. The summed E-state index contributed by atoms with van der Waals surface area (Å²) in [5.74, 6) is 0.427. The van der Waals surface area contributed by atoms with E-state index in [1.54, 1.807) is 23.3 Å². The summed E-state index contributed by atoms with van der Waals surface area (Å²) in [5.41, 5.74) is 4.12. The van der Waals surface area contributed by atoms with E-state index in [-0.39, 0.29) is 24.8 Å². The minimum Gasteiger partial charge on any atom is -0.496 e. The van der Waals surface area contributed by atoms with Crippen molar-refractivity contribution in [2.75, 3.05) is 25.1 Å². The first-order chi connectivity index (χ1) is 15.0. The van der Waals surface area contributed by atoms with Crippen molar-refractivity contribution in [1.82, 2.24) is 0 Å². The summed E-state index contributed by atoms with van der Waals surface area (Å²) in [6.07, 6.45) is 0.838. The summed E-state index contributed by atoms with van der Waals surface area (Å²) >= 11 is 1.54. The zero-order chi connectivity index (χ0) is 22.0. The molecule has 3 aromatic rings. The van der Waals surface area contributed by atoms with E-state index in [9.17, 15) is 9.59 Å². The highest BCUT2D eigenvalue weighted by molar-refractivity contribution is 7.16. The Labute approximate surface area is 186 Å². The molecule has 0 saturated carbocycles. The van der Waals surface area contributed by atoms with Crippen LogP contribution < -0.4 is 9.64 Å². The molecule has 1 aromatic heterocycles. The Morgan fingerprint density at radius 3 is 2.58 bits per heavy atom. The van der Waals surface area contributed by atoms with Crippen molar-refractivity contribution in [2.45, 2.75) is 20.3 Å². The monoisotopic (exact) mass is 432 g/mol. The molecule has 1 aliphatic rings. The smallest absolute Gasteiger partial charge is 0.249 e. The molecule has 2 aromatic carbocycles. The fraction of sp³-hybridized carbons (Fsp3) is 0.240. The topological polar surface area (TPSA) is 59.0 Å². The van der Waals surface area contributed by atoms with E-state index in [1.165, 1.54) is 0 Å². The molecular weight excluding hydrogens is 408 g/mol. The molecule has 0 radical (unpaired) electrons. The van der Waals surface area contributed by atoms with Crippen molar-refractivity contribution in [3.63, 3.8) is 0 Å². The number of benzene rings is 2. The summed E-state index contributed by atoms with van der Waals surface area (Å²) in [4.78, 5) is 33.4. The Kier molecular flexibility index (Phi) is 6.00. The Morgan fingerprint density at radius 1 is 1.13 bits per heavy atom. The molecule has 0 bridgehead atoms. The van der Waals surface area contributed by atoms with Crippen LogP contribution in [0.15, 0.2) is 59.6 Å². The molecule has 0 atom stereocenters. The first-order valence-electron chi connectivity index (χ1n) is 10.2. The second kappa shape index (κ2) is 8.86. The number of fused-ring (bicyclic) bond motifs is 1. The lowest BCUT2D eigenvalue weighted by Gasteiger charge is -2.20. The Hall–Kier alpha value is -3.25. The van der Waals surface area contributed by atoms with Gasteiger partial charge in [-0.1, -0.05) is 48.9 Å². The van der Waals surface area contributed by atoms with Crippen LogP contribution in [0.4, 0.5) is 5.00 Å². The number of thiophene rings is 1. The van der Waals surface area contributed by atoms with Crippen molar-refractivity contribution in [1.29, 1.82) is 0 Å². The zero-order valence-corrected chi connectivity index (χ0v) is 18.7. The summed E-state index contributed by atoms with van der Waals surface area (Å²) in [7, 11) is 1.62. The number of ketones is 1. The Balaban J connectivity index is 1.76. The maximum atomic E-state index is 13.1. The van der Waals surface area contributed by atoms with Gasteiger partial charge in [-0.25, -0.2) is 0 Å². The fourth-order valence-electron chi connectivity index (χ4n) is 3.61. The number of Topliss-reactive ketones (excluding diaryl/α,β-unsaturated/α-hetero) is 1. The lowest BCUT2D eigenvalue weighted by molar-refractivity contribution is -0.117. The van der Waals surface area contributed by atoms with Gasteiger partial charge in [-0.2, -0.15) is 0 Å². The van der Waals surface area contributed by atoms with Gasteiger partial charge in [-0.05, 0) is 31.5 Å². The summed E-state index contributed by atoms with van der Waals surface area (Å²) in [6.45, 7) is 4.03. The van der Waals surface area contributed by atoms with E-state index < -0.39 is 0 Å². The molecule has 0 N–H and O–H groups in total. The van der Waals surface area contributed by atoms with Crippen LogP contribution >= 0.6 is 11.3 Å². The number of amides is 1. The SMILES string of the molecule is CCc1cc2c(s1)N(CC(=O)c1ccc(C)cc1)C(=O)CN=C2c1ccccc1OC. The van der Waals surface area contributed by atoms with Crippen molar-refractivity contribution in [3.05, 3.63) is 81.7 Å². The molecule has 0 aliphatic carbocycles. The fourth-order valence-corrected chi connectivity index (χ4v) is 4.72. The first-order valence-corrected chi connectivity index (χ1v) is 11.0. The number of aryl methyl sites for hydroxylation is 2. The quantitative estimate of drug-likeness (QED) is 0.531. The lowest BCUT2D eigenvalue weighted by Crippen LogP contribution is -2.36. The van der Waals surface area contributed by atoms with E-state index in [1.807, 2.05) is 55.5 Å². The normalized spacial score (nSPS) is 13.5. The van der Waals surface area contributed by atoms with Crippen molar-refractivity contribution < 1.29 is 14.3 Å². The van der Waals surface area contributed by atoms with E-state index in [0.717, 1.165) is 38.7 Å². The van der Waals surface area contributed by atoms with Crippen LogP contribution in [0.2, 0.25) is 0 Å². The first kappa shape index (κ1) is 21.0. The van der Waals surface area contributed by atoms with Gasteiger partial charge in [0.1, 0.15) is 17.3 Å². The van der Waals surface area contributed by atoms with Crippen LogP contribution in [0, 0.1) is 6.92 Å². The van der Waals surface area contributed by atoms with E-state index >= 15 is 0 Å². The van der Waals surface area contributed by atoms with E-state index in [2.05, 4.69) is 18.0 Å². The number of anilines is 1.